The number of rotatable bonds is 6. The van der Waals surface area contributed by atoms with E-state index < -0.39 is 0 Å². The van der Waals surface area contributed by atoms with Crippen molar-refractivity contribution < 1.29 is 0 Å². The summed E-state index contributed by atoms with van der Waals surface area (Å²) in [7, 11) is 0. The molecule has 294 valence electrons. The number of pyridine rings is 2. The van der Waals surface area contributed by atoms with E-state index in [1.165, 1.54) is 0 Å². The van der Waals surface area contributed by atoms with Crippen LogP contribution >= 0.6 is 0 Å². The molecule has 4 aromatic heterocycles. The molecule has 8 heteroatoms. The summed E-state index contributed by atoms with van der Waals surface area (Å²) in [5, 5.41) is 46.1. The third-order valence-electron chi connectivity index (χ3n) is 12.0. The first kappa shape index (κ1) is 37.4. The van der Waals surface area contributed by atoms with Crippen LogP contribution in [0.2, 0.25) is 0 Å². The van der Waals surface area contributed by atoms with Gasteiger partial charge in [-0.2, -0.15) is 21.0 Å². The van der Waals surface area contributed by atoms with Gasteiger partial charge in [-0.15, -0.1) is 0 Å². The fraction of sp³-hybridized carbons (Fsp3) is 0. The first-order chi connectivity index (χ1) is 31.6. The van der Waals surface area contributed by atoms with Crippen LogP contribution in [-0.4, -0.2) is 19.1 Å². The predicted octanol–water partition coefficient (Wildman–Crippen LogP) is 12.8. The molecule has 11 aromatic rings. The number of nitrogens with zero attached hydrogens (tertiary/aromatic N) is 8. The van der Waals surface area contributed by atoms with Crippen molar-refractivity contribution in [2.75, 3.05) is 0 Å². The number of aromatic nitrogens is 4. The van der Waals surface area contributed by atoms with Crippen LogP contribution < -0.4 is 0 Å². The summed E-state index contributed by atoms with van der Waals surface area (Å²) in [6.07, 6.45) is 7.19. The Kier molecular flexibility index (Phi) is 8.85. The van der Waals surface area contributed by atoms with Crippen molar-refractivity contribution in [1.82, 2.24) is 19.1 Å². The van der Waals surface area contributed by atoms with Crippen molar-refractivity contribution in [3.63, 3.8) is 0 Å². The summed E-state index contributed by atoms with van der Waals surface area (Å²) < 4.78 is 4.18. The second kappa shape index (κ2) is 15.1. The van der Waals surface area contributed by atoms with Crippen molar-refractivity contribution >= 4 is 43.6 Å². The fourth-order valence-corrected chi connectivity index (χ4v) is 9.18. The van der Waals surface area contributed by atoms with Crippen LogP contribution in [0.25, 0.3) is 99.5 Å². The lowest BCUT2D eigenvalue weighted by Crippen LogP contribution is -2.03. The number of benzene rings is 7. The molecule has 11 rings (SSSR count). The Morgan fingerprint density at radius 1 is 0.344 bits per heavy atom. The lowest BCUT2D eigenvalue weighted by atomic mass is 9.92. The van der Waals surface area contributed by atoms with Crippen LogP contribution in [0.3, 0.4) is 0 Å². The molecular formula is C56H30N8. The molecule has 0 aliphatic carbocycles. The Morgan fingerprint density at radius 2 is 0.766 bits per heavy atom. The minimum absolute atomic E-state index is 0.329. The second-order valence-electron chi connectivity index (χ2n) is 15.5. The lowest BCUT2D eigenvalue weighted by Gasteiger charge is -2.19. The Hall–Kier alpha value is -9.60. The van der Waals surface area contributed by atoms with Crippen molar-refractivity contribution in [3.05, 3.63) is 205 Å². The SMILES string of the molecule is N#Cc1cc(C#N)c(-n2c3ccncc3c3cc(-c4ccccc4)ccc32)c(-c2cccc(-c3cc(C#N)cc(C#N)c3-n3c4ccncc4c4cc(-c5ccccc5)ccc43)c2)c1. The molecule has 0 fully saturated rings. The van der Waals surface area contributed by atoms with Crippen LogP contribution in [0.1, 0.15) is 22.3 Å². The van der Waals surface area contributed by atoms with E-state index in [4.69, 9.17) is 0 Å². The molecule has 0 radical (unpaired) electrons. The summed E-state index contributed by atoms with van der Waals surface area (Å²) >= 11 is 0. The molecule has 0 aliphatic rings. The third-order valence-corrected chi connectivity index (χ3v) is 12.0. The third kappa shape index (κ3) is 5.96. The molecule has 0 atom stereocenters. The average molecular weight is 815 g/mol. The molecule has 0 N–H and O–H groups in total. The van der Waals surface area contributed by atoms with Gasteiger partial charge in [0.2, 0.25) is 0 Å². The Labute approximate surface area is 367 Å². The van der Waals surface area contributed by atoms with Crippen LogP contribution in [0.4, 0.5) is 0 Å². The first-order valence-electron chi connectivity index (χ1n) is 20.5. The highest BCUT2D eigenvalue weighted by atomic mass is 15.0. The van der Waals surface area contributed by atoms with Gasteiger partial charge in [0.25, 0.3) is 0 Å². The second-order valence-corrected chi connectivity index (χ2v) is 15.5. The molecule has 0 aliphatic heterocycles. The van der Waals surface area contributed by atoms with E-state index in [-0.39, 0.29) is 0 Å². The number of fused-ring (bicyclic) bond motifs is 6. The monoisotopic (exact) mass is 814 g/mol. The minimum Gasteiger partial charge on any atom is -0.307 e. The van der Waals surface area contributed by atoms with Crippen molar-refractivity contribution in [3.8, 4) is 80.2 Å². The van der Waals surface area contributed by atoms with E-state index in [0.29, 0.717) is 44.8 Å². The van der Waals surface area contributed by atoms with Crippen molar-refractivity contribution in [2.24, 2.45) is 0 Å². The van der Waals surface area contributed by atoms with Crippen LogP contribution in [0, 0.1) is 45.3 Å². The average Bonchev–Trinajstić information content (AvgIpc) is 3.87. The van der Waals surface area contributed by atoms with E-state index in [2.05, 4.69) is 104 Å². The molecular weight excluding hydrogens is 785 g/mol. The Balaban J connectivity index is 1.16. The highest BCUT2D eigenvalue weighted by molar-refractivity contribution is 6.12. The quantitative estimate of drug-likeness (QED) is 0.164. The molecule has 7 aromatic carbocycles. The van der Waals surface area contributed by atoms with Gasteiger partial charge in [-0.25, -0.2) is 0 Å². The standard InChI is InChI=1S/C56H30N8/c57-29-35-22-43(31-59)55(63-51-16-14-39(37-8-3-1-4-9-37)27-47(51)49-33-61-20-18-53(49)63)45(24-35)41-12-7-13-42(26-41)46-25-36(30-58)23-44(32-60)56(46)64-52-17-15-40(38-10-5-2-6-11-38)28-48(52)50-34-62-21-19-54(50)64/h1-28,33-34H. The zero-order chi connectivity index (χ0) is 43.3. The maximum absolute atomic E-state index is 10.8. The van der Waals surface area contributed by atoms with Gasteiger partial charge in [0, 0.05) is 57.5 Å². The maximum Gasteiger partial charge on any atom is 0.101 e. The van der Waals surface area contributed by atoms with Crippen LogP contribution in [0.15, 0.2) is 183 Å². The summed E-state index contributed by atoms with van der Waals surface area (Å²) in [6, 6.07) is 61.1. The molecule has 0 saturated carbocycles. The summed E-state index contributed by atoms with van der Waals surface area (Å²) in [5.74, 6) is 0. The summed E-state index contributed by atoms with van der Waals surface area (Å²) in [6.45, 7) is 0. The molecule has 0 unspecified atom stereocenters. The van der Waals surface area contributed by atoms with Crippen LogP contribution in [-0.2, 0) is 0 Å². The smallest absolute Gasteiger partial charge is 0.101 e. The van der Waals surface area contributed by atoms with Gasteiger partial charge in [0.15, 0.2) is 0 Å². The Bertz CT molecular complexity index is 3640. The fourth-order valence-electron chi connectivity index (χ4n) is 9.18. The van der Waals surface area contributed by atoms with Gasteiger partial charge >= 0.3 is 0 Å². The van der Waals surface area contributed by atoms with E-state index >= 15 is 0 Å². The molecule has 0 spiro atoms. The van der Waals surface area contributed by atoms with E-state index in [1.807, 2.05) is 97.3 Å². The summed E-state index contributed by atoms with van der Waals surface area (Å²) in [4.78, 5) is 9.02. The van der Waals surface area contributed by atoms with Gasteiger partial charge in [-0.05, 0) is 100 Å². The normalized spacial score (nSPS) is 11.1. The number of hydrogen-bond donors (Lipinski definition) is 0. The molecule has 4 heterocycles. The highest BCUT2D eigenvalue weighted by Gasteiger charge is 2.24. The van der Waals surface area contributed by atoms with Crippen molar-refractivity contribution in [1.29, 1.82) is 21.0 Å². The maximum atomic E-state index is 10.8. The van der Waals surface area contributed by atoms with Gasteiger partial charge in [-0.3, -0.25) is 9.97 Å². The zero-order valence-electron chi connectivity index (χ0n) is 33.9. The van der Waals surface area contributed by atoms with Crippen molar-refractivity contribution in [2.45, 2.75) is 0 Å². The predicted molar refractivity (Wildman–Crippen MR) is 251 cm³/mol. The van der Waals surface area contributed by atoms with Gasteiger partial charge in [0.1, 0.15) is 12.1 Å². The highest BCUT2D eigenvalue weighted by Crippen LogP contribution is 2.43. The van der Waals surface area contributed by atoms with Crippen LogP contribution in [0.5, 0.6) is 0 Å². The van der Waals surface area contributed by atoms with Gasteiger partial charge < -0.3 is 9.13 Å². The van der Waals surface area contributed by atoms with E-state index in [9.17, 15) is 21.0 Å². The van der Waals surface area contributed by atoms with Gasteiger partial charge in [0.05, 0.1) is 67.8 Å². The lowest BCUT2D eigenvalue weighted by molar-refractivity contribution is 1.16. The minimum atomic E-state index is 0.329. The molecule has 0 saturated heterocycles. The Morgan fingerprint density at radius 3 is 1.19 bits per heavy atom. The van der Waals surface area contributed by atoms with E-state index in [1.54, 1.807) is 24.5 Å². The number of hydrogen-bond acceptors (Lipinski definition) is 6. The topological polar surface area (TPSA) is 131 Å². The molecule has 64 heavy (non-hydrogen) atoms. The largest absolute Gasteiger partial charge is 0.307 e. The molecule has 8 nitrogen and oxygen atoms in total. The molecule has 0 amide bonds. The summed E-state index contributed by atoms with van der Waals surface area (Å²) in [5.41, 5.74) is 13.1. The molecule has 0 bridgehead atoms. The zero-order valence-corrected chi connectivity index (χ0v) is 33.9. The first-order valence-corrected chi connectivity index (χ1v) is 20.5. The van der Waals surface area contributed by atoms with E-state index in [0.717, 1.165) is 77.0 Å². The van der Waals surface area contributed by atoms with Gasteiger partial charge in [-0.1, -0.05) is 91.0 Å². The number of nitriles is 4.